The summed E-state index contributed by atoms with van der Waals surface area (Å²) in [6.45, 7) is 7.79. The number of likely N-dealkylation sites (tertiary alicyclic amines) is 1. The van der Waals surface area contributed by atoms with Gasteiger partial charge in [-0.3, -0.25) is 9.69 Å². The van der Waals surface area contributed by atoms with Crippen molar-refractivity contribution < 1.29 is 19.0 Å². The lowest BCUT2D eigenvalue weighted by atomic mass is 9.87. The number of anilines is 1. The molecule has 0 spiro atoms. The second-order valence-corrected chi connectivity index (χ2v) is 11.3. The molecule has 8 heteroatoms. The number of benzene rings is 2. The lowest BCUT2D eigenvalue weighted by molar-refractivity contribution is 0.0684. The molecule has 0 amide bonds. The largest absolute Gasteiger partial charge is 0.480 e. The van der Waals surface area contributed by atoms with Crippen LogP contribution in [0.5, 0.6) is 5.75 Å². The summed E-state index contributed by atoms with van der Waals surface area (Å²) in [5.41, 5.74) is 2.35. The molecule has 3 unspecified atom stereocenters. The Labute approximate surface area is 220 Å². The normalized spacial score (nSPS) is 22.2. The molecule has 1 saturated heterocycles. The number of fused-ring (bicyclic) bond motifs is 2. The van der Waals surface area contributed by atoms with E-state index in [-0.39, 0.29) is 17.0 Å². The lowest BCUT2D eigenvalue weighted by Gasteiger charge is -2.41. The monoisotopic (exact) mass is 515 g/mol. The fraction of sp³-hybridized carbons (Fsp3) is 0.333. The Kier molecular flexibility index (Phi) is 5.68. The van der Waals surface area contributed by atoms with Gasteiger partial charge in [-0.2, -0.15) is 0 Å². The zero-order valence-electron chi connectivity index (χ0n) is 21.6. The first kappa shape index (κ1) is 24.4. The second-order valence-electron chi connectivity index (χ2n) is 11.3. The third-order valence-corrected chi connectivity index (χ3v) is 7.73. The Balaban J connectivity index is 1.34. The topological polar surface area (TPSA) is 83.8 Å². The summed E-state index contributed by atoms with van der Waals surface area (Å²) in [6, 6.07) is 15.0. The average molecular weight is 516 g/mol. The van der Waals surface area contributed by atoms with Crippen LogP contribution in [-0.2, 0) is 5.41 Å². The highest BCUT2D eigenvalue weighted by Gasteiger charge is 2.45. The zero-order valence-corrected chi connectivity index (χ0v) is 21.6. The molecule has 0 radical (unpaired) electrons. The molecule has 1 aliphatic carbocycles. The summed E-state index contributed by atoms with van der Waals surface area (Å²) in [7, 11) is 0. The van der Waals surface area contributed by atoms with Gasteiger partial charge in [-0.25, -0.2) is 9.18 Å². The van der Waals surface area contributed by atoms with Gasteiger partial charge in [0.15, 0.2) is 6.10 Å². The van der Waals surface area contributed by atoms with E-state index in [1.807, 2.05) is 18.2 Å². The Morgan fingerprint density at radius 3 is 2.71 bits per heavy atom. The van der Waals surface area contributed by atoms with Gasteiger partial charge in [0.05, 0.1) is 11.4 Å². The third-order valence-electron chi connectivity index (χ3n) is 7.73. The Morgan fingerprint density at radius 1 is 1.16 bits per heavy atom. The highest BCUT2D eigenvalue weighted by atomic mass is 19.1. The van der Waals surface area contributed by atoms with Crippen LogP contribution in [0.25, 0.3) is 11.8 Å². The highest BCUT2D eigenvalue weighted by molar-refractivity contribution is 5.88. The molecule has 1 aromatic heterocycles. The second kappa shape index (κ2) is 8.84. The number of aromatic nitrogens is 1. The maximum Gasteiger partial charge on any atom is 0.341 e. The smallest absolute Gasteiger partial charge is 0.341 e. The van der Waals surface area contributed by atoms with Crippen molar-refractivity contribution in [3.05, 3.63) is 93.2 Å². The maximum absolute atomic E-state index is 15.8. The number of carboxylic acid groups (broad SMARTS) is 1. The third kappa shape index (κ3) is 4.00. The summed E-state index contributed by atoms with van der Waals surface area (Å²) >= 11 is 0. The van der Waals surface area contributed by atoms with Gasteiger partial charge in [-0.15, -0.1) is 0 Å². The van der Waals surface area contributed by atoms with Gasteiger partial charge in [0.2, 0.25) is 5.43 Å². The molecule has 3 aliphatic rings. The predicted octanol–water partition coefficient (Wildman–Crippen LogP) is 5.15. The molecule has 38 heavy (non-hydrogen) atoms. The molecule has 7 nitrogen and oxygen atoms in total. The van der Waals surface area contributed by atoms with Crippen molar-refractivity contribution in [3.8, 4) is 11.4 Å². The van der Waals surface area contributed by atoms with Crippen LogP contribution in [0, 0.1) is 0 Å². The van der Waals surface area contributed by atoms with E-state index in [0.717, 1.165) is 12.1 Å². The first-order valence-corrected chi connectivity index (χ1v) is 12.9. The molecular formula is C30H30FN3O4. The minimum Gasteiger partial charge on any atom is -0.480 e. The number of pyridine rings is 1. The zero-order chi connectivity index (χ0) is 26.8. The fourth-order valence-corrected chi connectivity index (χ4v) is 5.80. The van der Waals surface area contributed by atoms with Crippen LogP contribution in [0.1, 0.15) is 60.5 Å². The first-order valence-electron chi connectivity index (χ1n) is 12.9. The number of hydrogen-bond acceptors (Lipinski definition) is 5. The number of carbonyl (C=O) groups is 1. The van der Waals surface area contributed by atoms with Crippen LogP contribution in [-0.4, -0.2) is 45.7 Å². The van der Waals surface area contributed by atoms with E-state index in [1.54, 1.807) is 16.7 Å². The van der Waals surface area contributed by atoms with E-state index in [4.69, 9.17) is 4.74 Å². The quantitative estimate of drug-likeness (QED) is 0.500. The van der Waals surface area contributed by atoms with Crippen LogP contribution >= 0.6 is 0 Å². The standard InChI is InChI=1S/C30H30FN3O4/c1-30(2,3)17-7-6-8-18(13-17)32-19-11-12-33(15-19)26-22(31)14-20-25-28(26)38-24-10-5-4-9-23(24)34(25)16-21(27(20)35)29(36)37/h4-10,13-14,16,19,26,28,32H,11-12,15H2,1-3H3,(H,36,37). The molecular weight excluding hydrogens is 485 g/mol. The van der Waals surface area contributed by atoms with Crippen molar-refractivity contribution in [1.29, 1.82) is 0 Å². The first-order chi connectivity index (χ1) is 18.1. The number of ether oxygens (including phenoxy) is 1. The molecule has 2 aromatic carbocycles. The van der Waals surface area contributed by atoms with Crippen molar-refractivity contribution in [1.82, 2.24) is 9.47 Å². The molecule has 3 heterocycles. The maximum atomic E-state index is 15.8. The van der Waals surface area contributed by atoms with Crippen molar-refractivity contribution in [2.24, 2.45) is 0 Å². The van der Waals surface area contributed by atoms with Crippen LogP contribution in [0.2, 0.25) is 0 Å². The SMILES string of the molecule is CC(C)(C)c1cccc(NC2CCN(C3C(F)=Cc4c5n(cc(C(=O)O)c4=O)-c4ccccc4OC53)C2)c1. The van der Waals surface area contributed by atoms with Crippen LogP contribution in [0.15, 0.2) is 65.3 Å². The van der Waals surface area contributed by atoms with Gasteiger partial charge in [-0.1, -0.05) is 45.0 Å². The van der Waals surface area contributed by atoms with Crippen molar-refractivity contribution >= 4 is 17.7 Å². The van der Waals surface area contributed by atoms with Gasteiger partial charge in [0, 0.05) is 36.6 Å². The van der Waals surface area contributed by atoms with Crippen LogP contribution < -0.4 is 15.5 Å². The minimum atomic E-state index is -1.35. The molecule has 3 atom stereocenters. The summed E-state index contributed by atoms with van der Waals surface area (Å²) in [4.78, 5) is 26.9. The summed E-state index contributed by atoms with van der Waals surface area (Å²) in [5.74, 6) is -1.33. The van der Waals surface area contributed by atoms with Crippen LogP contribution in [0.4, 0.5) is 10.1 Å². The van der Waals surface area contributed by atoms with Crippen LogP contribution in [0.3, 0.4) is 0 Å². The van der Waals surface area contributed by atoms with E-state index < -0.39 is 34.9 Å². The number of nitrogens with one attached hydrogen (secondary N) is 1. The number of aromatic carboxylic acids is 1. The summed E-state index contributed by atoms with van der Waals surface area (Å²) < 4.78 is 23.9. The van der Waals surface area contributed by atoms with Gasteiger partial charge in [0.25, 0.3) is 0 Å². The highest BCUT2D eigenvalue weighted by Crippen LogP contribution is 2.45. The Hall–Kier alpha value is -3.91. The molecule has 0 saturated carbocycles. The predicted molar refractivity (Wildman–Crippen MR) is 144 cm³/mol. The molecule has 6 rings (SSSR count). The van der Waals surface area contributed by atoms with E-state index >= 15 is 4.39 Å². The van der Waals surface area contributed by atoms with E-state index in [0.29, 0.717) is 30.2 Å². The van der Waals surface area contributed by atoms with Crippen molar-refractivity contribution in [3.63, 3.8) is 0 Å². The number of carboxylic acids is 1. The van der Waals surface area contributed by atoms with E-state index in [9.17, 15) is 14.7 Å². The molecule has 2 N–H and O–H groups in total. The lowest BCUT2D eigenvalue weighted by Crippen LogP contribution is -2.46. The summed E-state index contributed by atoms with van der Waals surface area (Å²) in [6.07, 6.45) is 2.57. The van der Waals surface area contributed by atoms with Gasteiger partial charge < -0.3 is 19.7 Å². The van der Waals surface area contributed by atoms with E-state index in [1.165, 1.54) is 17.8 Å². The summed E-state index contributed by atoms with van der Waals surface area (Å²) in [5, 5.41) is 13.3. The average Bonchev–Trinajstić information content (AvgIpc) is 3.32. The van der Waals surface area contributed by atoms with E-state index in [2.05, 4.69) is 49.2 Å². The number of rotatable bonds is 4. The number of nitrogens with zero attached hydrogens (tertiary/aromatic N) is 2. The number of halogens is 1. The minimum absolute atomic E-state index is 0.0334. The fourth-order valence-electron chi connectivity index (χ4n) is 5.80. The molecule has 2 aliphatic heterocycles. The Morgan fingerprint density at radius 2 is 1.95 bits per heavy atom. The van der Waals surface area contributed by atoms with Gasteiger partial charge in [0.1, 0.15) is 23.2 Å². The molecule has 1 fully saturated rings. The van der Waals surface area contributed by atoms with Crippen molar-refractivity contribution in [2.45, 2.75) is 50.8 Å². The Bertz CT molecular complexity index is 1540. The number of para-hydroxylation sites is 2. The molecule has 0 bridgehead atoms. The molecule has 196 valence electrons. The molecule has 3 aromatic rings. The van der Waals surface area contributed by atoms with Gasteiger partial charge in [-0.05, 0) is 47.7 Å². The van der Waals surface area contributed by atoms with Gasteiger partial charge >= 0.3 is 5.97 Å². The number of hydrogen-bond donors (Lipinski definition) is 2. The van der Waals surface area contributed by atoms with Crippen molar-refractivity contribution in [2.75, 3.05) is 18.4 Å².